The fourth-order valence-corrected chi connectivity index (χ4v) is 2.69. The third-order valence-electron chi connectivity index (χ3n) is 4.27. The molecule has 0 aromatic heterocycles. The molecule has 1 N–H and O–H groups in total. The Morgan fingerprint density at radius 3 is 2.21 bits per heavy atom. The van der Waals surface area contributed by atoms with Gasteiger partial charge in [0.05, 0.1) is 6.10 Å². The number of aliphatic hydroxyl groups excluding tert-OH is 1. The molecule has 1 aliphatic carbocycles. The first-order chi connectivity index (χ1) is 9.06. The molecular weight excluding hydrogens is 234 g/mol. The van der Waals surface area contributed by atoms with E-state index >= 15 is 0 Å². The third kappa shape index (κ3) is 4.05. The minimum absolute atomic E-state index is 0.369. The minimum atomic E-state index is -0.369. The molecule has 106 valence electrons. The number of nitrogens with zero attached hydrogens (tertiary/aromatic N) is 1. The van der Waals surface area contributed by atoms with Gasteiger partial charge in [0.2, 0.25) is 0 Å². The van der Waals surface area contributed by atoms with Crippen molar-refractivity contribution in [2.75, 3.05) is 20.1 Å². The molecule has 0 spiro atoms. The Bertz CT molecular complexity index is 381. The molecule has 0 saturated heterocycles. The molecule has 0 heterocycles. The number of hydrogen-bond donors (Lipinski definition) is 1. The molecule has 1 aromatic carbocycles. The Morgan fingerprint density at radius 2 is 1.74 bits per heavy atom. The lowest BCUT2D eigenvalue weighted by Crippen LogP contribution is -2.32. The minimum Gasteiger partial charge on any atom is -0.387 e. The smallest absolute Gasteiger partial charge is 0.0916 e. The predicted octanol–water partition coefficient (Wildman–Crippen LogP) is 3.58. The summed E-state index contributed by atoms with van der Waals surface area (Å²) in [5.74, 6) is 1.41. The molecule has 19 heavy (non-hydrogen) atoms. The SMILES string of the molecule is CC(C)c1ccc(C(O)CN(C)CC2CCC2)cc1. The summed E-state index contributed by atoms with van der Waals surface area (Å²) >= 11 is 0. The van der Waals surface area contributed by atoms with Crippen LogP contribution in [0.2, 0.25) is 0 Å². The molecule has 1 saturated carbocycles. The summed E-state index contributed by atoms with van der Waals surface area (Å²) in [5, 5.41) is 10.3. The Kier molecular flexibility index (Phi) is 5.00. The zero-order valence-electron chi connectivity index (χ0n) is 12.5. The largest absolute Gasteiger partial charge is 0.387 e. The van der Waals surface area contributed by atoms with Crippen LogP contribution in [0.1, 0.15) is 56.3 Å². The molecule has 1 aromatic rings. The molecule has 2 heteroatoms. The van der Waals surface area contributed by atoms with Crippen molar-refractivity contribution in [2.24, 2.45) is 5.92 Å². The number of likely N-dealkylation sites (N-methyl/N-ethyl adjacent to an activating group) is 1. The standard InChI is InChI=1S/C17H27NO/c1-13(2)15-7-9-16(10-8-15)17(19)12-18(3)11-14-5-4-6-14/h7-10,13-14,17,19H,4-6,11-12H2,1-3H3. The van der Waals surface area contributed by atoms with Gasteiger partial charge in [-0.3, -0.25) is 0 Å². The summed E-state index contributed by atoms with van der Waals surface area (Å²) in [6.45, 7) is 6.24. The summed E-state index contributed by atoms with van der Waals surface area (Å²) in [4.78, 5) is 2.27. The lowest BCUT2D eigenvalue weighted by Gasteiger charge is -2.31. The first-order valence-corrected chi connectivity index (χ1v) is 7.52. The molecule has 1 unspecified atom stereocenters. The number of hydrogen-bond acceptors (Lipinski definition) is 2. The molecular formula is C17H27NO. The lowest BCUT2D eigenvalue weighted by atomic mass is 9.85. The van der Waals surface area contributed by atoms with Gasteiger partial charge in [-0.15, -0.1) is 0 Å². The second kappa shape index (κ2) is 6.53. The van der Waals surface area contributed by atoms with Crippen LogP contribution in [0, 0.1) is 5.92 Å². The van der Waals surface area contributed by atoms with Gasteiger partial charge in [0.25, 0.3) is 0 Å². The van der Waals surface area contributed by atoms with E-state index in [9.17, 15) is 5.11 Å². The van der Waals surface area contributed by atoms with E-state index in [0.717, 1.165) is 24.6 Å². The van der Waals surface area contributed by atoms with E-state index in [1.165, 1.54) is 24.8 Å². The Balaban J connectivity index is 1.85. The quantitative estimate of drug-likeness (QED) is 0.846. The second-order valence-electron chi connectivity index (χ2n) is 6.36. The Hall–Kier alpha value is -0.860. The molecule has 1 fully saturated rings. The van der Waals surface area contributed by atoms with E-state index in [0.29, 0.717) is 5.92 Å². The maximum Gasteiger partial charge on any atom is 0.0916 e. The van der Waals surface area contributed by atoms with Crippen LogP contribution in [0.4, 0.5) is 0 Å². The average molecular weight is 261 g/mol. The Labute approximate surface area is 117 Å². The summed E-state index contributed by atoms with van der Waals surface area (Å²) in [7, 11) is 2.12. The summed E-state index contributed by atoms with van der Waals surface area (Å²) in [6, 6.07) is 8.40. The van der Waals surface area contributed by atoms with Gasteiger partial charge in [-0.1, -0.05) is 44.5 Å². The normalized spacial score (nSPS) is 17.8. The van der Waals surface area contributed by atoms with Crippen molar-refractivity contribution in [3.05, 3.63) is 35.4 Å². The van der Waals surface area contributed by atoms with Crippen molar-refractivity contribution in [1.29, 1.82) is 0 Å². The Morgan fingerprint density at radius 1 is 1.16 bits per heavy atom. The van der Waals surface area contributed by atoms with E-state index < -0.39 is 0 Å². The van der Waals surface area contributed by atoms with Gasteiger partial charge in [0.15, 0.2) is 0 Å². The van der Waals surface area contributed by atoms with Crippen LogP contribution in [-0.2, 0) is 0 Å². The van der Waals surface area contributed by atoms with Crippen molar-refractivity contribution in [3.8, 4) is 0 Å². The molecule has 0 bridgehead atoms. The molecule has 1 atom stereocenters. The van der Waals surface area contributed by atoms with Gasteiger partial charge in [-0.2, -0.15) is 0 Å². The monoisotopic (exact) mass is 261 g/mol. The van der Waals surface area contributed by atoms with Crippen molar-refractivity contribution < 1.29 is 5.11 Å². The van der Waals surface area contributed by atoms with Crippen LogP contribution in [0.3, 0.4) is 0 Å². The lowest BCUT2D eigenvalue weighted by molar-refractivity contribution is 0.107. The van der Waals surface area contributed by atoms with Crippen LogP contribution < -0.4 is 0 Å². The van der Waals surface area contributed by atoms with Crippen molar-refractivity contribution in [1.82, 2.24) is 4.90 Å². The summed E-state index contributed by atoms with van der Waals surface area (Å²) in [5.41, 5.74) is 2.36. The predicted molar refractivity (Wildman–Crippen MR) is 80.3 cm³/mol. The average Bonchev–Trinajstić information content (AvgIpc) is 2.34. The third-order valence-corrected chi connectivity index (χ3v) is 4.27. The first kappa shape index (κ1) is 14.5. The second-order valence-corrected chi connectivity index (χ2v) is 6.36. The molecule has 0 amide bonds. The number of aliphatic hydroxyl groups is 1. The van der Waals surface area contributed by atoms with Crippen LogP contribution >= 0.6 is 0 Å². The van der Waals surface area contributed by atoms with Crippen LogP contribution in [0.25, 0.3) is 0 Å². The highest BCUT2D eigenvalue weighted by Crippen LogP contribution is 2.27. The zero-order chi connectivity index (χ0) is 13.8. The van der Waals surface area contributed by atoms with E-state index in [4.69, 9.17) is 0 Å². The zero-order valence-corrected chi connectivity index (χ0v) is 12.5. The van der Waals surface area contributed by atoms with Gasteiger partial charge in [-0.05, 0) is 42.9 Å². The van der Waals surface area contributed by atoms with Crippen molar-refractivity contribution in [2.45, 2.75) is 45.1 Å². The van der Waals surface area contributed by atoms with Gasteiger partial charge in [0.1, 0.15) is 0 Å². The van der Waals surface area contributed by atoms with Gasteiger partial charge < -0.3 is 10.0 Å². The van der Waals surface area contributed by atoms with Gasteiger partial charge in [0, 0.05) is 13.1 Å². The molecule has 0 aliphatic heterocycles. The van der Waals surface area contributed by atoms with E-state index in [-0.39, 0.29) is 6.10 Å². The number of rotatable bonds is 6. The van der Waals surface area contributed by atoms with Crippen LogP contribution in [0.15, 0.2) is 24.3 Å². The van der Waals surface area contributed by atoms with Crippen LogP contribution in [-0.4, -0.2) is 30.1 Å². The summed E-state index contributed by atoms with van der Waals surface area (Å²) < 4.78 is 0. The fourth-order valence-electron chi connectivity index (χ4n) is 2.69. The molecule has 0 radical (unpaired) electrons. The highest BCUT2D eigenvalue weighted by Gasteiger charge is 2.20. The van der Waals surface area contributed by atoms with Crippen LogP contribution in [0.5, 0.6) is 0 Å². The molecule has 1 aliphatic rings. The highest BCUT2D eigenvalue weighted by atomic mass is 16.3. The topological polar surface area (TPSA) is 23.5 Å². The maximum absolute atomic E-state index is 10.3. The van der Waals surface area contributed by atoms with Gasteiger partial charge >= 0.3 is 0 Å². The maximum atomic E-state index is 10.3. The van der Waals surface area contributed by atoms with Gasteiger partial charge in [-0.25, -0.2) is 0 Å². The molecule has 2 rings (SSSR count). The molecule has 2 nitrogen and oxygen atoms in total. The summed E-state index contributed by atoms with van der Waals surface area (Å²) in [6.07, 6.45) is 3.75. The van der Waals surface area contributed by atoms with Crippen molar-refractivity contribution in [3.63, 3.8) is 0 Å². The highest BCUT2D eigenvalue weighted by molar-refractivity contribution is 5.26. The van der Waals surface area contributed by atoms with E-state index in [1.54, 1.807) is 0 Å². The van der Waals surface area contributed by atoms with E-state index in [2.05, 4.69) is 50.1 Å². The number of benzene rings is 1. The van der Waals surface area contributed by atoms with E-state index in [1.807, 2.05) is 0 Å². The van der Waals surface area contributed by atoms with Crippen molar-refractivity contribution >= 4 is 0 Å². The first-order valence-electron chi connectivity index (χ1n) is 7.52. The fraction of sp³-hybridized carbons (Fsp3) is 0.647.